The van der Waals surface area contributed by atoms with Gasteiger partial charge in [-0.05, 0) is 30.5 Å². The van der Waals surface area contributed by atoms with Gasteiger partial charge in [0.05, 0.1) is 0 Å². The second-order valence-electron chi connectivity index (χ2n) is 5.28. The maximum absolute atomic E-state index is 12.6. The van der Waals surface area contributed by atoms with E-state index in [2.05, 4.69) is 5.32 Å². The van der Waals surface area contributed by atoms with Crippen molar-refractivity contribution in [3.63, 3.8) is 0 Å². The van der Waals surface area contributed by atoms with E-state index in [-0.39, 0.29) is 25.4 Å². The SMILES string of the molecule is O=C(c1ccc2c(c1)NCC2)N1CC=C(C(F)(F)F)CC1. The lowest BCUT2D eigenvalue weighted by atomic mass is 10.0. The standard InChI is InChI=1S/C15H15F3N2O/c16-15(17,18)12-4-7-20(8-5-12)14(21)11-2-1-10-3-6-19-13(10)9-11/h1-2,4,9,19H,3,5-8H2. The van der Waals surface area contributed by atoms with Crippen molar-refractivity contribution >= 4 is 11.6 Å². The molecule has 0 aliphatic carbocycles. The Morgan fingerprint density at radius 1 is 1.24 bits per heavy atom. The fourth-order valence-corrected chi connectivity index (χ4v) is 2.72. The van der Waals surface area contributed by atoms with E-state index in [1.165, 1.54) is 10.5 Å². The molecule has 0 atom stereocenters. The van der Waals surface area contributed by atoms with Crippen LogP contribution in [-0.4, -0.2) is 36.6 Å². The number of hydrogen-bond acceptors (Lipinski definition) is 2. The van der Waals surface area contributed by atoms with Gasteiger partial charge in [0.1, 0.15) is 0 Å². The molecule has 1 N–H and O–H groups in total. The second-order valence-corrected chi connectivity index (χ2v) is 5.28. The molecule has 112 valence electrons. The van der Waals surface area contributed by atoms with Crippen molar-refractivity contribution in [1.29, 1.82) is 0 Å². The molecule has 0 aromatic heterocycles. The summed E-state index contributed by atoms with van der Waals surface area (Å²) in [6.45, 7) is 0.973. The van der Waals surface area contributed by atoms with E-state index in [0.717, 1.165) is 24.7 Å². The predicted molar refractivity (Wildman–Crippen MR) is 73.3 cm³/mol. The third kappa shape index (κ3) is 2.75. The summed E-state index contributed by atoms with van der Waals surface area (Å²) in [7, 11) is 0. The molecule has 0 fully saturated rings. The van der Waals surface area contributed by atoms with Crippen molar-refractivity contribution in [3.8, 4) is 0 Å². The van der Waals surface area contributed by atoms with Crippen LogP contribution in [0.25, 0.3) is 0 Å². The minimum absolute atomic E-state index is 0.0121. The largest absolute Gasteiger partial charge is 0.412 e. The van der Waals surface area contributed by atoms with Crippen LogP contribution in [0.2, 0.25) is 0 Å². The number of amides is 1. The van der Waals surface area contributed by atoms with Gasteiger partial charge in [-0.1, -0.05) is 12.1 Å². The summed E-state index contributed by atoms with van der Waals surface area (Å²) in [6, 6.07) is 5.44. The lowest BCUT2D eigenvalue weighted by Gasteiger charge is -2.27. The van der Waals surface area contributed by atoms with Crippen molar-refractivity contribution in [2.45, 2.75) is 19.0 Å². The lowest BCUT2D eigenvalue weighted by molar-refractivity contribution is -0.0957. The van der Waals surface area contributed by atoms with Crippen LogP contribution in [0.5, 0.6) is 0 Å². The topological polar surface area (TPSA) is 32.3 Å². The number of fused-ring (bicyclic) bond motifs is 1. The molecule has 6 heteroatoms. The Balaban J connectivity index is 1.74. The van der Waals surface area contributed by atoms with Crippen molar-refractivity contribution in [2.24, 2.45) is 0 Å². The molecule has 0 radical (unpaired) electrons. The van der Waals surface area contributed by atoms with E-state index in [9.17, 15) is 18.0 Å². The Hall–Kier alpha value is -1.98. The van der Waals surface area contributed by atoms with Gasteiger partial charge in [-0.2, -0.15) is 13.2 Å². The van der Waals surface area contributed by atoms with E-state index in [1.807, 2.05) is 6.07 Å². The minimum atomic E-state index is -4.29. The Bertz CT molecular complexity index is 607. The molecular formula is C15H15F3N2O. The number of hydrogen-bond donors (Lipinski definition) is 1. The van der Waals surface area contributed by atoms with Crippen LogP contribution < -0.4 is 5.32 Å². The van der Waals surface area contributed by atoms with Gasteiger partial charge in [0.25, 0.3) is 5.91 Å². The van der Waals surface area contributed by atoms with Gasteiger partial charge >= 0.3 is 6.18 Å². The van der Waals surface area contributed by atoms with Crippen LogP contribution in [0.3, 0.4) is 0 Å². The summed E-state index contributed by atoms with van der Waals surface area (Å²) in [4.78, 5) is 13.8. The average molecular weight is 296 g/mol. The molecule has 0 saturated heterocycles. The average Bonchev–Trinajstić information content (AvgIpc) is 2.93. The molecule has 0 spiro atoms. The molecule has 0 bridgehead atoms. The number of rotatable bonds is 1. The maximum atomic E-state index is 12.6. The highest BCUT2D eigenvalue weighted by Gasteiger charge is 2.35. The normalized spacial score (nSPS) is 18.0. The predicted octanol–water partition coefficient (Wildman–Crippen LogP) is 2.99. The van der Waals surface area contributed by atoms with Gasteiger partial charge in [0, 0.05) is 36.5 Å². The van der Waals surface area contributed by atoms with Gasteiger partial charge in [0.2, 0.25) is 0 Å². The van der Waals surface area contributed by atoms with Crippen molar-refractivity contribution in [2.75, 3.05) is 25.0 Å². The lowest BCUT2D eigenvalue weighted by Crippen LogP contribution is -2.36. The molecule has 21 heavy (non-hydrogen) atoms. The Labute approximate surface area is 120 Å². The molecule has 1 amide bonds. The van der Waals surface area contributed by atoms with E-state index in [0.29, 0.717) is 5.56 Å². The first-order valence-electron chi connectivity index (χ1n) is 6.87. The van der Waals surface area contributed by atoms with Crippen LogP contribution in [0.4, 0.5) is 18.9 Å². The molecule has 2 aliphatic rings. The molecule has 0 saturated carbocycles. The van der Waals surface area contributed by atoms with Gasteiger partial charge in [-0.15, -0.1) is 0 Å². The molecule has 1 aromatic rings. The zero-order valence-electron chi connectivity index (χ0n) is 11.3. The van der Waals surface area contributed by atoms with Crippen LogP contribution in [0.1, 0.15) is 22.3 Å². The van der Waals surface area contributed by atoms with E-state index < -0.39 is 11.7 Å². The van der Waals surface area contributed by atoms with Crippen molar-refractivity contribution < 1.29 is 18.0 Å². The summed E-state index contributed by atoms with van der Waals surface area (Å²) in [5.74, 6) is -0.219. The van der Waals surface area contributed by atoms with E-state index >= 15 is 0 Å². The monoisotopic (exact) mass is 296 g/mol. The minimum Gasteiger partial charge on any atom is -0.384 e. The first kappa shape index (κ1) is 14.0. The zero-order chi connectivity index (χ0) is 15.0. The summed E-state index contributed by atoms with van der Waals surface area (Å²) < 4.78 is 37.7. The van der Waals surface area contributed by atoms with Gasteiger partial charge < -0.3 is 10.2 Å². The van der Waals surface area contributed by atoms with Crippen LogP contribution in [-0.2, 0) is 6.42 Å². The first-order valence-corrected chi connectivity index (χ1v) is 6.87. The molecule has 2 aliphatic heterocycles. The highest BCUT2D eigenvalue weighted by atomic mass is 19.4. The number of nitrogens with one attached hydrogen (secondary N) is 1. The maximum Gasteiger partial charge on any atom is 0.412 e. The van der Waals surface area contributed by atoms with Crippen LogP contribution >= 0.6 is 0 Å². The quantitative estimate of drug-likeness (QED) is 0.808. The zero-order valence-corrected chi connectivity index (χ0v) is 11.3. The third-order valence-corrected chi connectivity index (χ3v) is 3.93. The number of anilines is 1. The summed E-state index contributed by atoms with van der Waals surface area (Å²) in [6.07, 6.45) is -2.39. The Morgan fingerprint density at radius 2 is 2.05 bits per heavy atom. The fourth-order valence-electron chi connectivity index (χ4n) is 2.72. The van der Waals surface area contributed by atoms with Gasteiger partial charge in [-0.3, -0.25) is 4.79 Å². The van der Waals surface area contributed by atoms with Crippen LogP contribution in [0, 0.1) is 0 Å². The van der Waals surface area contributed by atoms with Crippen molar-refractivity contribution in [1.82, 2.24) is 4.90 Å². The van der Waals surface area contributed by atoms with E-state index in [4.69, 9.17) is 0 Å². The van der Waals surface area contributed by atoms with Gasteiger partial charge in [0.15, 0.2) is 0 Å². The Kier molecular flexibility index (Phi) is 3.39. The summed E-state index contributed by atoms with van der Waals surface area (Å²) >= 11 is 0. The molecule has 1 aromatic carbocycles. The smallest absolute Gasteiger partial charge is 0.384 e. The summed E-state index contributed by atoms with van der Waals surface area (Å²) in [5, 5.41) is 3.19. The van der Waals surface area contributed by atoms with E-state index in [1.54, 1.807) is 12.1 Å². The van der Waals surface area contributed by atoms with Crippen molar-refractivity contribution in [3.05, 3.63) is 41.0 Å². The number of nitrogens with zero attached hydrogens (tertiary/aromatic N) is 1. The number of halogens is 3. The molecule has 3 nitrogen and oxygen atoms in total. The Morgan fingerprint density at radius 3 is 2.71 bits per heavy atom. The van der Waals surface area contributed by atoms with Crippen LogP contribution in [0.15, 0.2) is 29.8 Å². The molecule has 0 unspecified atom stereocenters. The molecule has 2 heterocycles. The first-order chi connectivity index (χ1) is 9.95. The van der Waals surface area contributed by atoms with Gasteiger partial charge in [-0.25, -0.2) is 0 Å². The third-order valence-electron chi connectivity index (χ3n) is 3.93. The molecule has 3 rings (SSSR count). The number of carbonyl (C=O) groups is 1. The molecular weight excluding hydrogens is 281 g/mol. The number of benzene rings is 1. The highest BCUT2D eigenvalue weighted by molar-refractivity contribution is 5.95. The number of alkyl halides is 3. The highest BCUT2D eigenvalue weighted by Crippen LogP contribution is 2.31. The number of carbonyl (C=O) groups excluding carboxylic acids is 1. The second kappa shape index (κ2) is 5.09. The summed E-state index contributed by atoms with van der Waals surface area (Å²) in [5.41, 5.74) is 2.10. The fraction of sp³-hybridized carbons (Fsp3) is 0.400.